The summed E-state index contributed by atoms with van der Waals surface area (Å²) in [5.41, 5.74) is -0.770. The molecule has 0 aliphatic heterocycles. The van der Waals surface area contributed by atoms with Crippen LogP contribution >= 0.6 is 11.3 Å². The summed E-state index contributed by atoms with van der Waals surface area (Å²) in [6.45, 7) is 0.776. The average molecular weight is 671 g/mol. The fourth-order valence-electron chi connectivity index (χ4n) is 5.07. The Balaban J connectivity index is 0.00000250. The van der Waals surface area contributed by atoms with Gasteiger partial charge in [0.05, 0.1) is 25.6 Å². The van der Waals surface area contributed by atoms with Crippen molar-refractivity contribution in [3.63, 3.8) is 0 Å². The van der Waals surface area contributed by atoms with E-state index in [0.717, 1.165) is 26.1 Å². The number of nitrogens with one attached hydrogen (secondary N) is 1. The molecule has 0 radical (unpaired) electrons. The Bertz CT molecular complexity index is 2250. The van der Waals surface area contributed by atoms with Crippen LogP contribution in [0.3, 0.4) is 0 Å². The molecule has 6 aromatic rings. The van der Waals surface area contributed by atoms with Gasteiger partial charge >= 0.3 is 62.8 Å². The average Bonchev–Trinajstić information content (AvgIpc) is 3.69. The van der Waals surface area contributed by atoms with Gasteiger partial charge in [-0.3, -0.25) is 28.2 Å². The molecule has 0 saturated carbocycles. The molecule has 6 rings (SSSR count). The molecule has 0 amide bonds. The first-order valence-electron chi connectivity index (χ1n) is 13.8. The predicted molar refractivity (Wildman–Crippen MR) is 165 cm³/mol. The van der Waals surface area contributed by atoms with E-state index in [-0.39, 0.29) is 80.0 Å². The first kappa shape index (κ1) is 33.6. The van der Waals surface area contributed by atoms with Crippen LogP contribution in [0.25, 0.3) is 32.7 Å². The summed E-state index contributed by atoms with van der Waals surface area (Å²) in [7, 11) is 1.49. The van der Waals surface area contributed by atoms with Crippen LogP contribution in [0.4, 0.5) is 8.78 Å². The number of carbonyl (C=O) groups is 1. The molecule has 230 valence electrons. The van der Waals surface area contributed by atoms with Gasteiger partial charge in [0.1, 0.15) is 22.2 Å². The third kappa shape index (κ3) is 6.41. The van der Waals surface area contributed by atoms with Crippen LogP contribution in [0.2, 0.25) is 0 Å². The van der Waals surface area contributed by atoms with Gasteiger partial charge in [-0.15, -0.1) is 11.3 Å². The molecule has 0 unspecified atom stereocenters. The van der Waals surface area contributed by atoms with Crippen molar-refractivity contribution in [2.75, 3.05) is 7.11 Å². The maximum absolute atomic E-state index is 15.7. The van der Waals surface area contributed by atoms with Gasteiger partial charge in [-0.2, -0.15) is 0 Å². The third-order valence-corrected chi connectivity index (χ3v) is 8.70. The number of H-pyrrole nitrogens is 1. The van der Waals surface area contributed by atoms with Gasteiger partial charge in [-0.25, -0.2) is 18.4 Å². The maximum Gasteiger partial charge on any atom is 1.00 e. The Morgan fingerprint density at radius 2 is 1.67 bits per heavy atom. The minimum Gasteiger partial charge on any atom is -1.00 e. The van der Waals surface area contributed by atoms with E-state index in [2.05, 4.69) is 14.7 Å². The molecule has 0 saturated heterocycles. The Morgan fingerprint density at radius 3 is 2.28 bits per heavy atom. The second-order valence-electron chi connectivity index (χ2n) is 10.1. The summed E-state index contributed by atoms with van der Waals surface area (Å²) in [6, 6.07) is 16.6. The molecule has 3 heterocycles. The smallest absolute Gasteiger partial charge is 1.00 e. The molecule has 0 bridgehead atoms. The SMILES string of the molecule is CCc1cc2c(=O)n(CC(=O)c3ccc(OC)cc3)c(=O)n(Cc3c(F)cc(-c4ccccc4-c4noc(=O)[nH]4)cc3F)c2s1.[H-].[K+]. The Kier molecular flexibility index (Phi) is 10.1. The fraction of sp³-hybridized carbons (Fsp3) is 0.156. The summed E-state index contributed by atoms with van der Waals surface area (Å²) in [5, 5.41) is 3.85. The first-order valence-corrected chi connectivity index (χ1v) is 14.6. The normalized spacial score (nSPS) is 11.0. The van der Waals surface area contributed by atoms with Crippen LogP contribution in [0.5, 0.6) is 5.75 Å². The summed E-state index contributed by atoms with van der Waals surface area (Å²) < 4.78 is 43.1. The van der Waals surface area contributed by atoms with Gasteiger partial charge < -0.3 is 6.16 Å². The van der Waals surface area contributed by atoms with Crippen molar-refractivity contribution in [1.29, 1.82) is 0 Å². The van der Waals surface area contributed by atoms with Crippen molar-refractivity contribution in [1.82, 2.24) is 19.3 Å². The minimum absolute atomic E-state index is 0. The molecule has 10 nitrogen and oxygen atoms in total. The number of hydrogen-bond donors (Lipinski definition) is 1. The number of ether oxygens (including phenoxy) is 1. The van der Waals surface area contributed by atoms with Crippen molar-refractivity contribution in [3.05, 3.63) is 126 Å². The van der Waals surface area contributed by atoms with Gasteiger partial charge in [0.2, 0.25) is 0 Å². The molecule has 3 aromatic heterocycles. The quantitative estimate of drug-likeness (QED) is 0.184. The summed E-state index contributed by atoms with van der Waals surface area (Å²) in [5.74, 6) is -2.53. The van der Waals surface area contributed by atoms with Crippen molar-refractivity contribution < 1.29 is 75.6 Å². The fourth-order valence-corrected chi connectivity index (χ4v) is 6.15. The molecule has 0 aliphatic carbocycles. The predicted octanol–water partition coefficient (Wildman–Crippen LogP) is 2.13. The largest absolute Gasteiger partial charge is 1.00 e. The number of aryl methyl sites for hydroxylation is 1. The van der Waals surface area contributed by atoms with Gasteiger partial charge in [0, 0.05) is 21.6 Å². The molecular weight excluding hydrogens is 646 g/mol. The number of hydrogen-bond acceptors (Lipinski definition) is 8. The Labute approximate surface area is 307 Å². The zero-order valence-corrected chi connectivity index (χ0v) is 28.9. The van der Waals surface area contributed by atoms with E-state index in [1.807, 2.05) is 6.92 Å². The monoisotopic (exact) mass is 670 g/mol. The van der Waals surface area contributed by atoms with Crippen LogP contribution in [-0.2, 0) is 19.5 Å². The van der Waals surface area contributed by atoms with Crippen molar-refractivity contribution in [2.45, 2.75) is 26.4 Å². The minimum atomic E-state index is -0.937. The van der Waals surface area contributed by atoms with Crippen LogP contribution in [0, 0.1) is 11.6 Å². The topological polar surface area (TPSA) is 129 Å². The number of rotatable bonds is 9. The summed E-state index contributed by atoms with van der Waals surface area (Å²) in [6.07, 6.45) is 0.561. The molecule has 1 N–H and O–H groups in total. The van der Waals surface area contributed by atoms with E-state index in [9.17, 15) is 19.2 Å². The van der Waals surface area contributed by atoms with E-state index < -0.39 is 53.1 Å². The number of nitrogens with zero attached hydrogens (tertiary/aromatic N) is 3. The van der Waals surface area contributed by atoms with Crippen LogP contribution in [-0.4, -0.2) is 32.2 Å². The molecule has 0 spiro atoms. The zero-order chi connectivity index (χ0) is 31.8. The van der Waals surface area contributed by atoms with E-state index in [0.29, 0.717) is 23.3 Å². The number of Topliss-reactive ketones (excluding diaryl/α,β-unsaturated/α-hetero) is 1. The molecule has 46 heavy (non-hydrogen) atoms. The number of fused-ring (bicyclic) bond motifs is 1. The van der Waals surface area contributed by atoms with Gasteiger partial charge in [-0.1, -0.05) is 36.3 Å². The number of aromatic amines is 1. The molecule has 0 fully saturated rings. The number of carbonyl (C=O) groups excluding carboxylic acids is 1. The number of benzene rings is 3. The van der Waals surface area contributed by atoms with Crippen molar-refractivity contribution in [2.24, 2.45) is 0 Å². The van der Waals surface area contributed by atoms with Crippen molar-refractivity contribution in [3.8, 4) is 28.3 Å². The van der Waals surface area contributed by atoms with Crippen LogP contribution in [0.15, 0.2) is 85.6 Å². The van der Waals surface area contributed by atoms with Gasteiger partial charge in [0.15, 0.2) is 11.6 Å². The molecular formula is C32H25F2KN4O6S. The maximum atomic E-state index is 15.7. The first-order chi connectivity index (χ1) is 21.7. The number of thiophene rings is 1. The van der Waals surface area contributed by atoms with Crippen LogP contribution in [0.1, 0.15) is 29.1 Å². The van der Waals surface area contributed by atoms with Crippen LogP contribution < -0.4 is 73.1 Å². The second kappa shape index (κ2) is 13.9. The van der Waals surface area contributed by atoms with Crippen molar-refractivity contribution >= 4 is 27.3 Å². The summed E-state index contributed by atoms with van der Waals surface area (Å²) >= 11 is 1.17. The second-order valence-corrected chi connectivity index (χ2v) is 11.2. The number of ketones is 1. The Hall–Kier alpha value is -3.79. The van der Waals surface area contributed by atoms with E-state index >= 15 is 8.78 Å². The third-order valence-electron chi connectivity index (χ3n) is 7.40. The summed E-state index contributed by atoms with van der Waals surface area (Å²) in [4.78, 5) is 55.3. The van der Waals surface area contributed by atoms with E-state index in [4.69, 9.17) is 4.74 Å². The number of methoxy groups -OCH3 is 1. The standard InChI is InChI=1S/C32H24F2N4O6S.K.H/c1-3-20-14-23-29(40)37(16-27(39)17-8-10-19(43-2)11-9-17)32(42)38(30(23)45-20)15-24-25(33)12-18(13-26(24)34)21-6-4-5-7-22(21)28-35-31(41)44-36-28;;/h4-14H,3,15-16H2,1-2H3,(H,35,36,41);;/q;+1;-1. The molecule has 0 atom stereocenters. The van der Waals surface area contributed by atoms with E-state index in [1.54, 1.807) is 42.5 Å². The van der Waals surface area contributed by atoms with Gasteiger partial charge in [0.25, 0.3) is 5.56 Å². The van der Waals surface area contributed by atoms with Gasteiger partial charge in [-0.05, 0) is 60.0 Å². The number of aromatic nitrogens is 4. The molecule has 0 aliphatic rings. The molecule has 3 aromatic carbocycles. The Morgan fingerprint density at radius 1 is 1.00 bits per heavy atom. The van der Waals surface area contributed by atoms with E-state index in [1.165, 1.54) is 30.6 Å². The molecule has 14 heteroatoms. The number of halogens is 2. The zero-order valence-electron chi connectivity index (χ0n) is 25.9.